The molecule has 0 aromatic rings. The number of ether oxygens (including phenoxy) is 1. The molecule has 0 saturated carbocycles. The summed E-state index contributed by atoms with van der Waals surface area (Å²) in [5.74, 6) is 0.777. The molecule has 0 bridgehead atoms. The number of nitrogens with one attached hydrogen (secondary N) is 1. The Morgan fingerprint density at radius 3 is 2.42 bits per heavy atom. The Hall–Kier alpha value is -0.0800. The summed E-state index contributed by atoms with van der Waals surface area (Å²) in [6.45, 7) is 11.4. The summed E-state index contributed by atoms with van der Waals surface area (Å²) in [4.78, 5) is 0. The molecule has 0 rings (SSSR count). The highest BCUT2D eigenvalue weighted by Gasteiger charge is 2.02. The van der Waals surface area contributed by atoms with Gasteiger partial charge in [-0.1, -0.05) is 13.8 Å². The Labute approximate surface area is 76.7 Å². The molecule has 0 fully saturated rings. The lowest BCUT2D eigenvalue weighted by Gasteiger charge is -2.15. The molecule has 0 spiro atoms. The molecular weight excluding hydrogens is 150 g/mol. The molecule has 0 amide bonds. The highest BCUT2D eigenvalue weighted by atomic mass is 16.5. The van der Waals surface area contributed by atoms with Gasteiger partial charge in [-0.15, -0.1) is 0 Å². The second kappa shape index (κ2) is 7.56. The summed E-state index contributed by atoms with van der Waals surface area (Å²) < 4.78 is 5.23. The normalized spacial score (nSPS) is 13.8. The molecule has 2 heteroatoms. The Morgan fingerprint density at radius 2 is 1.92 bits per heavy atom. The zero-order chi connectivity index (χ0) is 9.40. The van der Waals surface area contributed by atoms with E-state index < -0.39 is 0 Å². The van der Waals surface area contributed by atoms with Crippen LogP contribution in [0.25, 0.3) is 0 Å². The van der Waals surface area contributed by atoms with Crippen molar-refractivity contribution < 1.29 is 4.74 Å². The average molecular weight is 173 g/mol. The zero-order valence-electron chi connectivity index (χ0n) is 8.89. The van der Waals surface area contributed by atoms with E-state index in [1.54, 1.807) is 0 Å². The number of hydrogen-bond acceptors (Lipinski definition) is 2. The van der Waals surface area contributed by atoms with Crippen LogP contribution in [0.5, 0.6) is 0 Å². The molecule has 0 aromatic heterocycles. The second-order valence-electron chi connectivity index (χ2n) is 3.68. The van der Waals surface area contributed by atoms with E-state index in [0.29, 0.717) is 6.04 Å². The fraction of sp³-hybridized carbons (Fsp3) is 1.00. The minimum Gasteiger partial charge on any atom is -0.380 e. The van der Waals surface area contributed by atoms with Crippen LogP contribution in [0.4, 0.5) is 0 Å². The van der Waals surface area contributed by atoms with Crippen molar-refractivity contribution >= 4 is 0 Å². The molecule has 1 N–H and O–H groups in total. The first-order chi connectivity index (χ1) is 5.66. The Bertz CT molecular complexity index is 93.8. The summed E-state index contributed by atoms with van der Waals surface area (Å²) in [5.41, 5.74) is 0. The molecule has 1 unspecified atom stereocenters. The molecule has 0 aliphatic rings. The van der Waals surface area contributed by atoms with Crippen molar-refractivity contribution in [2.45, 2.75) is 40.2 Å². The van der Waals surface area contributed by atoms with Gasteiger partial charge in [-0.05, 0) is 26.2 Å². The van der Waals surface area contributed by atoms with Crippen molar-refractivity contribution in [3.63, 3.8) is 0 Å². The maximum Gasteiger partial charge on any atom is 0.0590 e. The van der Waals surface area contributed by atoms with Crippen LogP contribution in [0.15, 0.2) is 0 Å². The SMILES string of the molecule is CCOCCNC(C)CC(C)C. The van der Waals surface area contributed by atoms with Gasteiger partial charge in [0.25, 0.3) is 0 Å². The number of hydrogen-bond donors (Lipinski definition) is 1. The van der Waals surface area contributed by atoms with Crippen LogP contribution < -0.4 is 5.32 Å². The van der Waals surface area contributed by atoms with Crippen LogP contribution in [-0.4, -0.2) is 25.8 Å². The standard InChI is InChI=1S/C10H23NO/c1-5-12-7-6-11-10(4)8-9(2)3/h9-11H,5-8H2,1-4H3. The zero-order valence-corrected chi connectivity index (χ0v) is 8.89. The van der Waals surface area contributed by atoms with Gasteiger partial charge in [0.1, 0.15) is 0 Å². The van der Waals surface area contributed by atoms with Gasteiger partial charge >= 0.3 is 0 Å². The molecule has 1 atom stereocenters. The minimum atomic E-state index is 0.616. The maximum atomic E-state index is 5.23. The molecule has 0 saturated heterocycles. The van der Waals surface area contributed by atoms with Crippen molar-refractivity contribution in [3.8, 4) is 0 Å². The summed E-state index contributed by atoms with van der Waals surface area (Å²) in [5, 5.41) is 3.42. The van der Waals surface area contributed by atoms with E-state index in [2.05, 4.69) is 26.1 Å². The lowest BCUT2D eigenvalue weighted by molar-refractivity contribution is 0.146. The first-order valence-corrected chi connectivity index (χ1v) is 4.98. The summed E-state index contributed by atoms with van der Waals surface area (Å²) in [6.07, 6.45) is 1.24. The van der Waals surface area contributed by atoms with Crippen LogP contribution in [0, 0.1) is 5.92 Å². The Morgan fingerprint density at radius 1 is 1.25 bits per heavy atom. The van der Waals surface area contributed by atoms with Crippen LogP contribution in [-0.2, 0) is 4.74 Å². The monoisotopic (exact) mass is 173 g/mol. The highest BCUT2D eigenvalue weighted by molar-refractivity contribution is 4.61. The molecule has 0 radical (unpaired) electrons. The van der Waals surface area contributed by atoms with Gasteiger partial charge in [0.2, 0.25) is 0 Å². The Balaban J connectivity index is 3.14. The predicted molar refractivity (Wildman–Crippen MR) is 53.4 cm³/mol. The van der Waals surface area contributed by atoms with Gasteiger partial charge in [0.15, 0.2) is 0 Å². The highest BCUT2D eigenvalue weighted by Crippen LogP contribution is 2.02. The van der Waals surface area contributed by atoms with Gasteiger partial charge in [-0.25, -0.2) is 0 Å². The molecule has 2 nitrogen and oxygen atoms in total. The maximum absolute atomic E-state index is 5.23. The third-order valence-corrected chi connectivity index (χ3v) is 1.77. The van der Waals surface area contributed by atoms with Crippen LogP contribution in [0.2, 0.25) is 0 Å². The van der Waals surface area contributed by atoms with E-state index in [0.717, 1.165) is 25.7 Å². The van der Waals surface area contributed by atoms with Gasteiger partial charge in [-0.2, -0.15) is 0 Å². The quantitative estimate of drug-likeness (QED) is 0.595. The van der Waals surface area contributed by atoms with Crippen molar-refractivity contribution in [2.24, 2.45) is 5.92 Å². The van der Waals surface area contributed by atoms with Gasteiger partial charge < -0.3 is 10.1 Å². The molecular formula is C10H23NO. The lowest BCUT2D eigenvalue weighted by Crippen LogP contribution is -2.30. The molecule has 12 heavy (non-hydrogen) atoms. The van der Waals surface area contributed by atoms with E-state index in [4.69, 9.17) is 4.74 Å². The molecule has 0 aromatic carbocycles. The van der Waals surface area contributed by atoms with E-state index in [1.807, 2.05) is 6.92 Å². The predicted octanol–water partition coefficient (Wildman–Crippen LogP) is 2.05. The third-order valence-electron chi connectivity index (χ3n) is 1.77. The molecule has 0 aliphatic carbocycles. The summed E-state index contributed by atoms with van der Waals surface area (Å²) in [7, 11) is 0. The third kappa shape index (κ3) is 8.02. The van der Waals surface area contributed by atoms with E-state index >= 15 is 0 Å². The largest absolute Gasteiger partial charge is 0.380 e. The minimum absolute atomic E-state index is 0.616. The van der Waals surface area contributed by atoms with Crippen LogP contribution in [0.1, 0.15) is 34.1 Å². The lowest BCUT2D eigenvalue weighted by atomic mass is 10.1. The fourth-order valence-corrected chi connectivity index (χ4v) is 1.31. The molecule has 0 heterocycles. The van der Waals surface area contributed by atoms with E-state index in [1.165, 1.54) is 6.42 Å². The summed E-state index contributed by atoms with van der Waals surface area (Å²) in [6, 6.07) is 0.616. The van der Waals surface area contributed by atoms with Crippen molar-refractivity contribution in [1.29, 1.82) is 0 Å². The van der Waals surface area contributed by atoms with Crippen molar-refractivity contribution in [3.05, 3.63) is 0 Å². The first-order valence-electron chi connectivity index (χ1n) is 4.98. The van der Waals surface area contributed by atoms with E-state index in [-0.39, 0.29) is 0 Å². The van der Waals surface area contributed by atoms with E-state index in [9.17, 15) is 0 Å². The van der Waals surface area contributed by atoms with Crippen LogP contribution in [0.3, 0.4) is 0 Å². The van der Waals surface area contributed by atoms with Crippen molar-refractivity contribution in [1.82, 2.24) is 5.32 Å². The smallest absolute Gasteiger partial charge is 0.0590 e. The van der Waals surface area contributed by atoms with Gasteiger partial charge in [0.05, 0.1) is 6.61 Å². The first kappa shape index (κ1) is 11.9. The number of rotatable bonds is 7. The van der Waals surface area contributed by atoms with Crippen LogP contribution >= 0.6 is 0 Å². The second-order valence-corrected chi connectivity index (χ2v) is 3.68. The van der Waals surface area contributed by atoms with Gasteiger partial charge in [-0.3, -0.25) is 0 Å². The topological polar surface area (TPSA) is 21.3 Å². The van der Waals surface area contributed by atoms with Crippen molar-refractivity contribution in [2.75, 3.05) is 19.8 Å². The molecule has 0 aliphatic heterocycles. The van der Waals surface area contributed by atoms with Gasteiger partial charge in [0, 0.05) is 19.2 Å². The Kier molecular flexibility index (Phi) is 7.51. The molecule has 74 valence electrons. The average Bonchev–Trinajstić information content (AvgIpc) is 1.97. The summed E-state index contributed by atoms with van der Waals surface area (Å²) >= 11 is 0. The fourth-order valence-electron chi connectivity index (χ4n) is 1.31.